The summed E-state index contributed by atoms with van der Waals surface area (Å²) in [5.41, 5.74) is 2.17. The van der Waals surface area contributed by atoms with Gasteiger partial charge in [0.1, 0.15) is 34.5 Å². The summed E-state index contributed by atoms with van der Waals surface area (Å²) in [6.45, 7) is 0. The van der Waals surface area contributed by atoms with Crippen LogP contribution in [0, 0.1) is 0 Å². The fourth-order valence-electron chi connectivity index (χ4n) is 4.57. The molecule has 5 aromatic rings. The Morgan fingerprint density at radius 2 is 1.42 bits per heavy atom. The first-order valence-corrected chi connectivity index (χ1v) is 15.7. The first-order chi connectivity index (χ1) is 23.3. The minimum atomic E-state index is -0.553. The number of carbonyl (C=O) groups excluding carboxylic acids is 3. The summed E-state index contributed by atoms with van der Waals surface area (Å²) < 4.78 is 22.0. The molecule has 0 unspecified atom stereocenters. The van der Waals surface area contributed by atoms with E-state index in [1.807, 2.05) is 24.3 Å². The largest absolute Gasteiger partial charge is 0.497 e. The van der Waals surface area contributed by atoms with Gasteiger partial charge in [-0.05, 0) is 60.7 Å². The summed E-state index contributed by atoms with van der Waals surface area (Å²) in [4.78, 5) is 40.0. The second kappa shape index (κ2) is 16.1. The van der Waals surface area contributed by atoms with E-state index in [4.69, 9.17) is 18.6 Å². The molecule has 244 valence electrons. The van der Waals surface area contributed by atoms with Crippen molar-refractivity contribution in [3.63, 3.8) is 0 Å². The Bertz CT molecular complexity index is 1900. The molecule has 3 amide bonds. The van der Waals surface area contributed by atoms with Crippen LogP contribution in [-0.4, -0.2) is 44.8 Å². The van der Waals surface area contributed by atoms with Crippen LogP contribution < -0.4 is 30.2 Å². The molecular formula is C37H33N3O7S. The van der Waals surface area contributed by atoms with Crippen LogP contribution in [0.4, 0.5) is 11.4 Å². The number of methoxy groups -OCH3 is 3. The van der Waals surface area contributed by atoms with Gasteiger partial charge in [-0.25, -0.2) is 0 Å². The number of hydrogen-bond donors (Lipinski definition) is 3. The summed E-state index contributed by atoms with van der Waals surface area (Å²) in [6.07, 6.45) is 1.47. The van der Waals surface area contributed by atoms with Crippen LogP contribution in [0.2, 0.25) is 0 Å². The molecule has 4 aromatic carbocycles. The van der Waals surface area contributed by atoms with Crippen LogP contribution in [0.25, 0.3) is 17.4 Å². The fraction of sp³-hybridized carbons (Fsp3) is 0.108. The third-order valence-corrected chi connectivity index (χ3v) is 7.94. The highest BCUT2D eigenvalue weighted by molar-refractivity contribution is 8.00. The number of furan rings is 1. The third-order valence-electron chi connectivity index (χ3n) is 6.93. The van der Waals surface area contributed by atoms with E-state index in [0.717, 1.165) is 10.5 Å². The van der Waals surface area contributed by atoms with Crippen molar-refractivity contribution >= 4 is 46.9 Å². The minimum Gasteiger partial charge on any atom is -0.497 e. The van der Waals surface area contributed by atoms with E-state index in [1.165, 1.54) is 17.8 Å². The molecule has 0 aliphatic carbocycles. The van der Waals surface area contributed by atoms with E-state index in [1.54, 1.807) is 106 Å². The smallest absolute Gasteiger partial charge is 0.272 e. The summed E-state index contributed by atoms with van der Waals surface area (Å²) >= 11 is 1.34. The first kappa shape index (κ1) is 33.4. The van der Waals surface area contributed by atoms with Gasteiger partial charge in [0.25, 0.3) is 11.8 Å². The van der Waals surface area contributed by atoms with Crippen LogP contribution in [0.1, 0.15) is 16.1 Å². The maximum atomic E-state index is 13.5. The van der Waals surface area contributed by atoms with Crippen molar-refractivity contribution in [3.05, 3.63) is 126 Å². The molecule has 5 rings (SSSR count). The predicted molar refractivity (Wildman–Crippen MR) is 187 cm³/mol. The van der Waals surface area contributed by atoms with Gasteiger partial charge in [-0.2, -0.15) is 0 Å². The van der Waals surface area contributed by atoms with Gasteiger partial charge >= 0.3 is 0 Å². The highest BCUT2D eigenvalue weighted by Crippen LogP contribution is 2.32. The number of ether oxygens (including phenoxy) is 3. The number of carbonyl (C=O) groups is 3. The Labute approximate surface area is 282 Å². The lowest BCUT2D eigenvalue weighted by atomic mass is 10.1. The van der Waals surface area contributed by atoms with Crippen LogP contribution in [0.5, 0.6) is 17.2 Å². The molecule has 0 aliphatic rings. The Balaban J connectivity index is 1.27. The van der Waals surface area contributed by atoms with Crippen molar-refractivity contribution in [1.82, 2.24) is 5.32 Å². The Morgan fingerprint density at radius 1 is 0.729 bits per heavy atom. The van der Waals surface area contributed by atoms with E-state index in [-0.39, 0.29) is 17.4 Å². The molecule has 0 saturated heterocycles. The maximum Gasteiger partial charge on any atom is 0.272 e. The molecular weight excluding hydrogens is 630 g/mol. The average molecular weight is 664 g/mol. The van der Waals surface area contributed by atoms with Crippen LogP contribution >= 0.6 is 11.8 Å². The number of hydrogen-bond acceptors (Lipinski definition) is 8. The highest BCUT2D eigenvalue weighted by atomic mass is 32.2. The standard InChI is InChI=1S/C37H33N3O7S/c1-44-28-19-26(20-29(21-28)45-2)38-35(41)23-48-30-16-13-25(14-17-30)39-37(43)32(40-36(42)24-9-5-4-6-10-24)22-27-15-18-34(47-27)31-11-7-8-12-33(31)46-3/h4-22H,23H2,1-3H3,(H,38,41)(H,39,43)(H,40,42). The number of amides is 3. The predicted octanol–water partition coefficient (Wildman–Crippen LogP) is 7.11. The zero-order chi connectivity index (χ0) is 33.9. The van der Waals surface area contributed by atoms with Crippen molar-refractivity contribution in [2.24, 2.45) is 0 Å². The Morgan fingerprint density at radius 3 is 2.10 bits per heavy atom. The summed E-state index contributed by atoms with van der Waals surface area (Å²) in [7, 11) is 4.66. The molecule has 0 radical (unpaired) electrons. The van der Waals surface area contributed by atoms with Crippen molar-refractivity contribution in [2.75, 3.05) is 37.7 Å². The van der Waals surface area contributed by atoms with Gasteiger partial charge < -0.3 is 34.6 Å². The normalized spacial score (nSPS) is 10.9. The molecule has 1 aromatic heterocycles. The maximum absolute atomic E-state index is 13.5. The number of rotatable bonds is 13. The average Bonchev–Trinajstić information content (AvgIpc) is 3.59. The minimum absolute atomic E-state index is 0.0194. The van der Waals surface area contributed by atoms with Crippen LogP contribution in [-0.2, 0) is 9.59 Å². The van der Waals surface area contributed by atoms with E-state index in [2.05, 4.69) is 16.0 Å². The van der Waals surface area contributed by atoms with Crippen molar-refractivity contribution < 1.29 is 33.0 Å². The molecule has 48 heavy (non-hydrogen) atoms. The Hall–Kier alpha value is -5.94. The zero-order valence-electron chi connectivity index (χ0n) is 26.4. The van der Waals surface area contributed by atoms with Gasteiger partial charge in [-0.1, -0.05) is 30.3 Å². The van der Waals surface area contributed by atoms with Crippen LogP contribution in [0.15, 0.2) is 124 Å². The lowest BCUT2D eigenvalue weighted by Gasteiger charge is -2.12. The molecule has 0 saturated carbocycles. The number of benzene rings is 4. The zero-order valence-corrected chi connectivity index (χ0v) is 27.3. The van der Waals surface area contributed by atoms with Crippen LogP contribution in [0.3, 0.4) is 0 Å². The topological polar surface area (TPSA) is 128 Å². The summed E-state index contributed by atoms with van der Waals surface area (Å²) in [5.74, 6) is 1.60. The number of anilines is 2. The number of nitrogens with one attached hydrogen (secondary N) is 3. The molecule has 1 heterocycles. The van der Waals surface area contributed by atoms with Gasteiger partial charge in [-0.3, -0.25) is 14.4 Å². The number of para-hydroxylation sites is 1. The second-order valence-corrected chi connectivity index (χ2v) is 11.2. The summed E-state index contributed by atoms with van der Waals surface area (Å²) in [6, 6.07) is 31.6. The molecule has 0 fully saturated rings. The molecule has 0 bridgehead atoms. The van der Waals surface area contributed by atoms with E-state index in [9.17, 15) is 14.4 Å². The second-order valence-electron chi connectivity index (χ2n) is 10.2. The first-order valence-electron chi connectivity index (χ1n) is 14.7. The van der Waals surface area contributed by atoms with Crippen molar-refractivity contribution in [2.45, 2.75) is 4.90 Å². The third kappa shape index (κ3) is 8.86. The SMILES string of the molecule is COc1cc(NC(=O)CSc2ccc(NC(=O)C(=Cc3ccc(-c4ccccc4OC)o3)NC(=O)c3ccccc3)cc2)cc(OC)c1. The van der Waals surface area contributed by atoms with Gasteiger partial charge in [-0.15, -0.1) is 11.8 Å². The fourth-order valence-corrected chi connectivity index (χ4v) is 5.26. The van der Waals surface area contributed by atoms with Gasteiger partial charge in [0.15, 0.2) is 0 Å². The van der Waals surface area contributed by atoms with E-state index in [0.29, 0.717) is 45.7 Å². The van der Waals surface area contributed by atoms with E-state index >= 15 is 0 Å². The molecule has 11 heteroatoms. The van der Waals surface area contributed by atoms with Gasteiger partial charge in [0.2, 0.25) is 5.91 Å². The van der Waals surface area contributed by atoms with Crippen molar-refractivity contribution in [1.29, 1.82) is 0 Å². The van der Waals surface area contributed by atoms with Gasteiger partial charge in [0, 0.05) is 46.1 Å². The highest BCUT2D eigenvalue weighted by Gasteiger charge is 2.17. The monoisotopic (exact) mass is 663 g/mol. The number of thioether (sulfide) groups is 1. The lowest BCUT2D eigenvalue weighted by molar-refractivity contribution is -0.114. The molecule has 10 nitrogen and oxygen atoms in total. The van der Waals surface area contributed by atoms with E-state index < -0.39 is 11.8 Å². The Kier molecular flexibility index (Phi) is 11.2. The molecule has 0 atom stereocenters. The molecule has 0 aliphatic heterocycles. The molecule has 0 spiro atoms. The molecule has 3 N–H and O–H groups in total. The van der Waals surface area contributed by atoms with Gasteiger partial charge in [0.05, 0.1) is 32.6 Å². The lowest BCUT2D eigenvalue weighted by Crippen LogP contribution is -2.30. The van der Waals surface area contributed by atoms with Crippen molar-refractivity contribution in [3.8, 4) is 28.6 Å². The quantitative estimate of drug-likeness (QED) is 0.0898. The summed E-state index contributed by atoms with van der Waals surface area (Å²) in [5, 5.41) is 8.38.